The van der Waals surface area contributed by atoms with Crippen molar-refractivity contribution in [2.45, 2.75) is 12.8 Å². The number of rotatable bonds is 4. The monoisotopic (exact) mass is 238 g/mol. The summed E-state index contributed by atoms with van der Waals surface area (Å²) in [7, 11) is 0. The molecule has 0 radical (unpaired) electrons. The van der Waals surface area contributed by atoms with Crippen LogP contribution >= 0.6 is 11.3 Å². The van der Waals surface area contributed by atoms with Crippen LogP contribution in [0.5, 0.6) is 0 Å². The van der Waals surface area contributed by atoms with Crippen LogP contribution in [0.4, 0.5) is 0 Å². The summed E-state index contributed by atoms with van der Waals surface area (Å²) >= 11 is 1.67. The van der Waals surface area contributed by atoms with Gasteiger partial charge in [0.1, 0.15) is 0 Å². The van der Waals surface area contributed by atoms with Crippen LogP contribution in [0, 0.1) is 0 Å². The van der Waals surface area contributed by atoms with E-state index in [0.717, 1.165) is 32.6 Å². The van der Waals surface area contributed by atoms with E-state index in [1.54, 1.807) is 11.3 Å². The second-order valence-electron chi connectivity index (χ2n) is 4.17. The van der Waals surface area contributed by atoms with Crippen LogP contribution in [0.15, 0.2) is 17.5 Å². The van der Waals surface area contributed by atoms with Crippen LogP contribution in [0.1, 0.15) is 11.3 Å². The third kappa shape index (κ3) is 3.70. The van der Waals surface area contributed by atoms with Crippen molar-refractivity contribution in [3.63, 3.8) is 0 Å². The molecule has 0 aliphatic carbocycles. The van der Waals surface area contributed by atoms with E-state index in [0.29, 0.717) is 18.7 Å². The molecule has 1 saturated heterocycles. The van der Waals surface area contributed by atoms with Gasteiger partial charge >= 0.3 is 0 Å². The van der Waals surface area contributed by atoms with Gasteiger partial charge in [0, 0.05) is 24.4 Å². The first kappa shape index (κ1) is 11.8. The molecule has 0 saturated carbocycles. The van der Waals surface area contributed by atoms with Gasteiger partial charge in [0.05, 0.1) is 6.54 Å². The zero-order valence-corrected chi connectivity index (χ0v) is 10.3. The summed E-state index contributed by atoms with van der Waals surface area (Å²) in [6.07, 6.45) is 1.74. The molecule has 1 aliphatic heterocycles. The molecule has 1 aromatic rings. The van der Waals surface area contributed by atoms with Crippen molar-refractivity contribution in [3.05, 3.63) is 22.4 Å². The van der Waals surface area contributed by atoms with Gasteiger partial charge in [-0.1, -0.05) is 6.07 Å². The molecule has 1 aliphatic rings. The number of nitrogens with zero attached hydrogens (tertiary/aromatic N) is 1. The number of hydrogen-bond acceptors (Lipinski definition) is 4. The highest BCUT2D eigenvalue weighted by Gasteiger charge is 2.13. The lowest BCUT2D eigenvalue weighted by Crippen LogP contribution is -2.33. The summed E-state index contributed by atoms with van der Waals surface area (Å²) in [6.45, 7) is 4.74. The first-order valence-corrected chi connectivity index (χ1v) is 6.70. The zero-order valence-electron chi connectivity index (χ0n) is 9.45. The number of Topliss-reactive ketones (excluding diaryl/α,β-unsaturated/α-hetero) is 1. The summed E-state index contributed by atoms with van der Waals surface area (Å²) in [4.78, 5) is 15.3. The minimum atomic E-state index is 0.337. The van der Waals surface area contributed by atoms with Crippen molar-refractivity contribution in [2.24, 2.45) is 0 Å². The van der Waals surface area contributed by atoms with E-state index in [1.165, 1.54) is 4.88 Å². The maximum atomic E-state index is 11.8. The Labute approximate surface area is 100 Å². The fourth-order valence-corrected chi connectivity index (χ4v) is 2.71. The SMILES string of the molecule is O=C(Cc1cccs1)CN1CCCNCC1. The molecule has 0 bridgehead atoms. The van der Waals surface area contributed by atoms with Crippen molar-refractivity contribution in [1.29, 1.82) is 0 Å². The van der Waals surface area contributed by atoms with Crippen LogP contribution in [0.2, 0.25) is 0 Å². The second kappa shape index (κ2) is 6.13. The summed E-state index contributed by atoms with van der Waals surface area (Å²) < 4.78 is 0. The topological polar surface area (TPSA) is 32.3 Å². The van der Waals surface area contributed by atoms with Crippen LogP contribution < -0.4 is 5.32 Å². The molecular formula is C12H18N2OS. The van der Waals surface area contributed by atoms with Gasteiger partial charge in [-0.15, -0.1) is 11.3 Å². The van der Waals surface area contributed by atoms with E-state index in [9.17, 15) is 4.79 Å². The highest BCUT2D eigenvalue weighted by atomic mass is 32.1. The van der Waals surface area contributed by atoms with Crippen molar-refractivity contribution >= 4 is 17.1 Å². The van der Waals surface area contributed by atoms with Crippen molar-refractivity contribution in [1.82, 2.24) is 10.2 Å². The lowest BCUT2D eigenvalue weighted by Gasteiger charge is -2.17. The third-order valence-corrected chi connectivity index (χ3v) is 3.66. The van der Waals surface area contributed by atoms with E-state index in [-0.39, 0.29) is 0 Å². The molecule has 0 atom stereocenters. The van der Waals surface area contributed by atoms with E-state index in [2.05, 4.69) is 10.2 Å². The molecule has 0 amide bonds. The Bertz CT molecular complexity index is 316. The highest BCUT2D eigenvalue weighted by Crippen LogP contribution is 2.09. The molecule has 0 aromatic carbocycles. The number of ketones is 1. The van der Waals surface area contributed by atoms with Crippen LogP contribution in [0.3, 0.4) is 0 Å². The Morgan fingerprint density at radius 2 is 2.38 bits per heavy atom. The average molecular weight is 238 g/mol. The molecule has 2 heterocycles. The summed E-state index contributed by atoms with van der Waals surface area (Å²) in [5.74, 6) is 0.337. The van der Waals surface area contributed by atoms with E-state index in [4.69, 9.17) is 0 Å². The minimum Gasteiger partial charge on any atom is -0.315 e. The smallest absolute Gasteiger partial charge is 0.152 e. The average Bonchev–Trinajstić information content (AvgIpc) is 2.62. The lowest BCUT2D eigenvalue weighted by atomic mass is 10.2. The van der Waals surface area contributed by atoms with Gasteiger partial charge in [0.2, 0.25) is 0 Å². The summed E-state index contributed by atoms with van der Waals surface area (Å²) in [5, 5.41) is 5.37. The van der Waals surface area contributed by atoms with Crippen molar-refractivity contribution in [3.8, 4) is 0 Å². The molecule has 16 heavy (non-hydrogen) atoms. The molecular weight excluding hydrogens is 220 g/mol. The van der Waals surface area contributed by atoms with Crippen molar-refractivity contribution < 1.29 is 4.79 Å². The Morgan fingerprint density at radius 1 is 1.44 bits per heavy atom. The standard InChI is InChI=1S/C12H18N2OS/c15-11(9-12-3-1-8-16-12)10-14-6-2-4-13-5-7-14/h1,3,8,13H,2,4-7,9-10H2. The van der Waals surface area contributed by atoms with Gasteiger partial charge in [0.25, 0.3) is 0 Å². The lowest BCUT2D eigenvalue weighted by molar-refractivity contribution is -0.119. The molecule has 3 nitrogen and oxygen atoms in total. The van der Waals surface area contributed by atoms with Gasteiger partial charge in [-0.25, -0.2) is 0 Å². The molecule has 1 fully saturated rings. The number of hydrogen-bond donors (Lipinski definition) is 1. The number of thiophene rings is 1. The maximum absolute atomic E-state index is 11.8. The molecule has 0 unspecified atom stereocenters. The summed E-state index contributed by atoms with van der Waals surface area (Å²) in [6, 6.07) is 4.04. The first-order valence-electron chi connectivity index (χ1n) is 5.82. The van der Waals surface area contributed by atoms with E-state index >= 15 is 0 Å². The second-order valence-corrected chi connectivity index (χ2v) is 5.21. The van der Waals surface area contributed by atoms with Gasteiger partial charge in [-0.2, -0.15) is 0 Å². The fourth-order valence-electron chi connectivity index (χ4n) is 1.97. The predicted molar refractivity (Wildman–Crippen MR) is 67.0 cm³/mol. The summed E-state index contributed by atoms with van der Waals surface area (Å²) in [5.41, 5.74) is 0. The fraction of sp³-hybridized carbons (Fsp3) is 0.583. The molecule has 1 N–H and O–H groups in total. The van der Waals surface area contributed by atoms with E-state index in [1.807, 2.05) is 17.5 Å². The Morgan fingerprint density at radius 3 is 3.19 bits per heavy atom. The molecule has 4 heteroatoms. The molecule has 0 spiro atoms. The van der Waals surface area contributed by atoms with Gasteiger partial charge in [-0.05, 0) is 31.0 Å². The first-order chi connectivity index (χ1) is 7.84. The van der Waals surface area contributed by atoms with Crippen molar-refractivity contribution in [2.75, 3.05) is 32.7 Å². The van der Waals surface area contributed by atoms with Crippen LogP contribution in [-0.4, -0.2) is 43.4 Å². The zero-order chi connectivity index (χ0) is 11.2. The third-order valence-electron chi connectivity index (χ3n) is 2.78. The normalized spacial score (nSPS) is 18.2. The quantitative estimate of drug-likeness (QED) is 0.854. The number of nitrogens with one attached hydrogen (secondary N) is 1. The Hall–Kier alpha value is -0.710. The van der Waals surface area contributed by atoms with Gasteiger partial charge in [0.15, 0.2) is 5.78 Å². The largest absolute Gasteiger partial charge is 0.315 e. The molecule has 2 rings (SSSR count). The number of carbonyl (C=O) groups is 1. The minimum absolute atomic E-state index is 0.337. The molecule has 88 valence electrons. The Balaban J connectivity index is 1.77. The van der Waals surface area contributed by atoms with Gasteiger partial charge < -0.3 is 5.32 Å². The highest BCUT2D eigenvalue weighted by molar-refractivity contribution is 7.10. The van der Waals surface area contributed by atoms with Gasteiger partial charge in [-0.3, -0.25) is 9.69 Å². The molecule has 1 aromatic heterocycles. The van der Waals surface area contributed by atoms with Crippen LogP contribution in [0.25, 0.3) is 0 Å². The number of carbonyl (C=O) groups excluding carboxylic acids is 1. The van der Waals surface area contributed by atoms with E-state index < -0.39 is 0 Å². The maximum Gasteiger partial charge on any atom is 0.152 e. The Kier molecular flexibility index (Phi) is 4.51. The predicted octanol–water partition coefficient (Wildman–Crippen LogP) is 1.16. The van der Waals surface area contributed by atoms with Crippen LogP contribution in [-0.2, 0) is 11.2 Å².